The largest absolute Gasteiger partial charge is 0.489 e. The lowest BCUT2D eigenvalue weighted by molar-refractivity contribution is -0.120. The number of carbonyl (C=O) groups is 2. The molecule has 9 nitrogen and oxygen atoms in total. The summed E-state index contributed by atoms with van der Waals surface area (Å²) in [5.74, 6) is 0.299. The molecule has 2 aromatic heterocycles. The molecule has 0 saturated carbocycles. The van der Waals surface area contributed by atoms with Crippen molar-refractivity contribution >= 4 is 33.6 Å². The van der Waals surface area contributed by atoms with Crippen molar-refractivity contribution in [3.05, 3.63) is 64.7 Å². The van der Waals surface area contributed by atoms with Gasteiger partial charge in [0, 0.05) is 30.3 Å². The number of anilines is 1. The van der Waals surface area contributed by atoms with Crippen molar-refractivity contribution in [2.45, 2.75) is 12.5 Å². The van der Waals surface area contributed by atoms with Crippen LogP contribution in [0.3, 0.4) is 0 Å². The fourth-order valence-corrected chi connectivity index (χ4v) is 3.34. The number of carbonyl (C=O) groups excluding carboxylic acids is 2. The van der Waals surface area contributed by atoms with E-state index in [1.54, 1.807) is 43.8 Å². The van der Waals surface area contributed by atoms with Gasteiger partial charge in [-0.05, 0) is 35.9 Å². The number of hydrogen-bond acceptors (Lipinski definition) is 6. The number of nitrogens with one attached hydrogen (secondary N) is 1. The Morgan fingerprint density at radius 1 is 1.38 bits per heavy atom. The van der Waals surface area contributed by atoms with Crippen LogP contribution in [0.1, 0.15) is 11.3 Å². The average molecular weight is 457 g/mol. The monoisotopic (exact) mass is 456 g/mol. The van der Waals surface area contributed by atoms with Crippen LogP contribution in [0.5, 0.6) is 5.75 Å². The molecule has 1 aliphatic heterocycles. The first-order chi connectivity index (χ1) is 14.0. The number of ether oxygens (including phenoxy) is 1. The lowest BCUT2D eigenvalue weighted by Gasteiger charge is -2.20. The Balaban J connectivity index is 1.45. The van der Waals surface area contributed by atoms with Crippen LogP contribution >= 0.6 is 15.9 Å². The zero-order chi connectivity index (χ0) is 20.4. The summed E-state index contributed by atoms with van der Waals surface area (Å²) >= 11 is 3.39. The minimum absolute atomic E-state index is 0.0251. The second-order valence-electron chi connectivity index (χ2n) is 6.51. The van der Waals surface area contributed by atoms with Crippen LogP contribution in [0, 0.1) is 0 Å². The third-order valence-electron chi connectivity index (χ3n) is 4.47. The molecule has 3 heterocycles. The van der Waals surface area contributed by atoms with Crippen molar-refractivity contribution in [2.24, 2.45) is 0 Å². The maximum Gasteiger partial charge on any atom is 0.342 e. The highest BCUT2D eigenvalue weighted by molar-refractivity contribution is 9.10. The van der Waals surface area contributed by atoms with Crippen LogP contribution in [0.4, 0.5) is 10.5 Å². The smallest absolute Gasteiger partial charge is 0.342 e. The van der Waals surface area contributed by atoms with Crippen molar-refractivity contribution in [3.63, 3.8) is 0 Å². The maximum absolute atomic E-state index is 12.8. The molecule has 1 N–H and O–H groups in total. The predicted octanol–water partition coefficient (Wildman–Crippen LogP) is 2.01. The quantitative estimate of drug-likeness (QED) is 0.646. The summed E-state index contributed by atoms with van der Waals surface area (Å²) in [7, 11) is 1.65. The number of halogens is 1. The molecule has 1 unspecified atom stereocenters. The van der Waals surface area contributed by atoms with Crippen molar-refractivity contribution in [3.8, 4) is 5.75 Å². The van der Waals surface area contributed by atoms with Gasteiger partial charge in [0.1, 0.15) is 18.4 Å². The summed E-state index contributed by atoms with van der Waals surface area (Å²) in [6, 6.07) is 7.69. The number of hydrogen-bond donors (Lipinski definition) is 1. The molecular weight excluding hydrogens is 440 g/mol. The second kappa shape index (κ2) is 8.00. The molecule has 1 atom stereocenters. The number of aromatic nitrogens is 4. The molecule has 3 aromatic rings. The van der Waals surface area contributed by atoms with Gasteiger partial charge in [-0.15, -0.1) is 0 Å². The van der Waals surface area contributed by atoms with Crippen LogP contribution in [0.15, 0.2) is 53.4 Å². The molecule has 4 rings (SSSR count). The Kier molecular flexibility index (Phi) is 5.26. The summed E-state index contributed by atoms with van der Waals surface area (Å²) in [5.41, 5.74) is 2.20. The van der Waals surface area contributed by atoms with Gasteiger partial charge in [-0.25, -0.2) is 4.79 Å². The van der Waals surface area contributed by atoms with E-state index < -0.39 is 12.1 Å². The van der Waals surface area contributed by atoms with Crippen molar-refractivity contribution in [2.75, 3.05) is 18.6 Å². The SMILES string of the molecule is CN1C(=O)C(NC(=O)n2cc(Cc3cccnn3)cn2)COc2ccc(Br)cc21. The lowest BCUT2D eigenvalue weighted by atomic mass is 10.2. The Hall–Kier alpha value is -3.27. The van der Waals surface area contributed by atoms with Gasteiger partial charge >= 0.3 is 6.03 Å². The summed E-state index contributed by atoms with van der Waals surface area (Å²) in [4.78, 5) is 26.9. The third-order valence-corrected chi connectivity index (χ3v) is 4.96. The predicted molar refractivity (Wildman–Crippen MR) is 108 cm³/mol. The number of likely N-dealkylation sites (N-methyl/N-ethyl adjacent to an activating group) is 1. The first-order valence-electron chi connectivity index (χ1n) is 8.82. The van der Waals surface area contributed by atoms with Gasteiger partial charge in [0.2, 0.25) is 0 Å². The molecule has 0 fully saturated rings. The topological polar surface area (TPSA) is 102 Å². The highest BCUT2D eigenvalue weighted by Crippen LogP contribution is 2.33. The van der Waals surface area contributed by atoms with Crippen LogP contribution in [-0.4, -0.2) is 51.6 Å². The van der Waals surface area contributed by atoms with Gasteiger partial charge in [-0.1, -0.05) is 15.9 Å². The standard InChI is InChI=1S/C19H17BrN6O3/c1-25-16-8-13(20)4-5-17(16)29-11-15(18(25)27)23-19(28)26-10-12(9-22-26)7-14-3-2-6-21-24-14/h2-6,8-10,15H,7,11H2,1H3,(H,23,28). The molecule has 2 amide bonds. The number of rotatable bonds is 3. The van der Waals surface area contributed by atoms with Gasteiger partial charge < -0.3 is 15.0 Å². The van der Waals surface area contributed by atoms with Gasteiger partial charge in [0.05, 0.1) is 17.6 Å². The van der Waals surface area contributed by atoms with Crippen LogP contribution in [0.2, 0.25) is 0 Å². The fraction of sp³-hybridized carbons (Fsp3) is 0.211. The zero-order valence-corrected chi connectivity index (χ0v) is 17.0. The van der Waals surface area contributed by atoms with Crippen LogP contribution < -0.4 is 15.0 Å². The van der Waals surface area contributed by atoms with E-state index in [0.717, 1.165) is 20.4 Å². The molecule has 0 aliphatic carbocycles. The van der Waals surface area contributed by atoms with Gasteiger partial charge in [0.25, 0.3) is 5.91 Å². The summed E-state index contributed by atoms with van der Waals surface area (Å²) in [6.07, 6.45) is 5.28. The Morgan fingerprint density at radius 2 is 2.24 bits per heavy atom. The summed E-state index contributed by atoms with van der Waals surface area (Å²) < 4.78 is 7.72. The van der Waals surface area contributed by atoms with E-state index in [1.165, 1.54) is 4.90 Å². The van der Waals surface area contributed by atoms with E-state index in [9.17, 15) is 9.59 Å². The molecule has 0 radical (unpaired) electrons. The lowest BCUT2D eigenvalue weighted by Crippen LogP contribution is -2.50. The zero-order valence-electron chi connectivity index (χ0n) is 15.4. The van der Waals surface area contributed by atoms with E-state index >= 15 is 0 Å². The number of fused-ring (bicyclic) bond motifs is 1. The molecule has 1 aliphatic rings. The molecule has 10 heteroatoms. The second-order valence-corrected chi connectivity index (χ2v) is 7.42. The van der Waals surface area contributed by atoms with Gasteiger partial charge in [0.15, 0.2) is 0 Å². The van der Waals surface area contributed by atoms with Crippen molar-refractivity contribution < 1.29 is 14.3 Å². The normalized spacial score (nSPS) is 16.0. The number of benzene rings is 1. The molecule has 29 heavy (non-hydrogen) atoms. The summed E-state index contributed by atoms with van der Waals surface area (Å²) in [6.45, 7) is 0.0251. The van der Waals surface area contributed by atoms with Crippen molar-refractivity contribution in [1.29, 1.82) is 0 Å². The van der Waals surface area contributed by atoms with Crippen LogP contribution in [-0.2, 0) is 11.2 Å². The summed E-state index contributed by atoms with van der Waals surface area (Å²) in [5, 5.41) is 14.6. The highest BCUT2D eigenvalue weighted by Gasteiger charge is 2.31. The van der Waals surface area contributed by atoms with Crippen molar-refractivity contribution in [1.82, 2.24) is 25.3 Å². The van der Waals surface area contributed by atoms with E-state index in [0.29, 0.717) is 17.9 Å². The van der Waals surface area contributed by atoms with E-state index in [1.807, 2.05) is 12.1 Å². The maximum atomic E-state index is 12.8. The molecule has 0 spiro atoms. The minimum atomic E-state index is -0.841. The molecule has 148 valence electrons. The molecular formula is C19H17BrN6O3. The van der Waals surface area contributed by atoms with E-state index in [-0.39, 0.29) is 12.5 Å². The first-order valence-corrected chi connectivity index (χ1v) is 9.61. The van der Waals surface area contributed by atoms with Gasteiger partial charge in [-0.2, -0.15) is 20.0 Å². The first kappa shape index (κ1) is 19.1. The number of amides is 2. The molecule has 1 aromatic carbocycles. The minimum Gasteiger partial charge on any atom is -0.489 e. The average Bonchev–Trinajstić information content (AvgIpc) is 3.16. The Morgan fingerprint density at radius 3 is 3.03 bits per heavy atom. The molecule has 0 saturated heterocycles. The van der Waals surface area contributed by atoms with Gasteiger partial charge in [-0.3, -0.25) is 4.79 Å². The third kappa shape index (κ3) is 4.11. The van der Waals surface area contributed by atoms with Crippen LogP contribution in [0.25, 0.3) is 0 Å². The Labute approximate surface area is 174 Å². The molecule has 0 bridgehead atoms. The fourth-order valence-electron chi connectivity index (χ4n) is 2.99. The Bertz CT molecular complexity index is 1060. The van der Waals surface area contributed by atoms with E-state index in [2.05, 4.69) is 36.5 Å². The van der Waals surface area contributed by atoms with E-state index in [4.69, 9.17) is 4.74 Å². The number of nitrogens with zero attached hydrogens (tertiary/aromatic N) is 5. The highest BCUT2D eigenvalue weighted by atomic mass is 79.9.